The van der Waals surface area contributed by atoms with Crippen molar-refractivity contribution in [3.05, 3.63) is 12.1 Å². The van der Waals surface area contributed by atoms with Gasteiger partial charge in [-0.15, -0.1) is 0 Å². The highest BCUT2D eigenvalue weighted by Crippen LogP contribution is 2.25. The summed E-state index contributed by atoms with van der Waals surface area (Å²) < 4.78 is 40.9. The lowest BCUT2D eigenvalue weighted by atomic mass is 10.4. The molecule has 0 aliphatic carbocycles. The summed E-state index contributed by atoms with van der Waals surface area (Å²) >= 11 is 0. The average Bonchev–Trinajstić information content (AvgIpc) is 2.10. The lowest BCUT2D eigenvalue weighted by molar-refractivity contribution is -0.189. The van der Waals surface area contributed by atoms with Crippen molar-refractivity contribution in [1.29, 1.82) is 0 Å². The Morgan fingerprint density at radius 3 is 2.40 bits per heavy atom. The van der Waals surface area contributed by atoms with E-state index in [1.807, 2.05) is 0 Å². The largest absolute Gasteiger partial charge is 0.465 e. The van der Waals surface area contributed by atoms with Gasteiger partial charge in [0.1, 0.15) is 0 Å². The van der Waals surface area contributed by atoms with Crippen LogP contribution in [0.25, 0.3) is 0 Å². The third-order valence-electron chi connectivity index (χ3n) is 1.69. The lowest BCUT2D eigenvalue weighted by Crippen LogP contribution is -2.31. The van der Waals surface area contributed by atoms with E-state index in [0.29, 0.717) is 0 Å². The van der Waals surface area contributed by atoms with Crippen molar-refractivity contribution in [2.24, 2.45) is 0 Å². The number of nitrogens with two attached hydrogens (primary N) is 2. The number of hydrogen-bond acceptors (Lipinski definition) is 4. The van der Waals surface area contributed by atoms with Crippen molar-refractivity contribution in [3.63, 3.8) is 0 Å². The fourth-order valence-corrected chi connectivity index (χ4v) is 0.781. The molecule has 1 heterocycles. The minimum Gasteiger partial charge on any atom is -0.465 e. The Morgan fingerprint density at radius 1 is 1.33 bits per heavy atom. The molecule has 7 heteroatoms. The van der Waals surface area contributed by atoms with E-state index >= 15 is 0 Å². The van der Waals surface area contributed by atoms with Crippen LogP contribution in [0, 0.1) is 0 Å². The molecule has 4 nitrogen and oxygen atoms in total. The predicted molar refractivity (Wildman–Crippen MR) is 49.2 cm³/mol. The summed E-state index contributed by atoms with van der Waals surface area (Å²) in [6.07, 6.45) is -6.37. The van der Waals surface area contributed by atoms with Crippen molar-refractivity contribution in [2.45, 2.75) is 19.2 Å². The van der Waals surface area contributed by atoms with Gasteiger partial charge in [-0.05, 0) is 13.0 Å². The molecule has 0 aromatic carbocycles. The van der Waals surface area contributed by atoms with Crippen LogP contribution in [0.5, 0.6) is 5.88 Å². The van der Waals surface area contributed by atoms with Crippen molar-refractivity contribution < 1.29 is 17.9 Å². The maximum absolute atomic E-state index is 12.1. The van der Waals surface area contributed by atoms with E-state index in [1.54, 1.807) is 0 Å². The topological polar surface area (TPSA) is 74.2 Å². The van der Waals surface area contributed by atoms with E-state index < -0.39 is 12.3 Å². The van der Waals surface area contributed by atoms with Gasteiger partial charge in [-0.3, -0.25) is 0 Å². The highest BCUT2D eigenvalue weighted by molar-refractivity contribution is 5.58. The van der Waals surface area contributed by atoms with Gasteiger partial charge in [0, 0.05) is 6.07 Å². The molecule has 1 aromatic heterocycles. The van der Waals surface area contributed by atoms with Crippen molar-refractivity contribution in [3.8, 4) is 5.88 Å². The first-order chi connectivity index (χ1) is 6.80. The molecule has 1 atom stereocenters. The second kappa shape index (κ2) is 3.84. The predicted octanol–water partition coefficient (Wildman–Crippen LogP) is 1.58. The minimum absolute atomic E-state index is 0.0538. The summed E-state index contributed by atoms with van der Waals surface area (Å²) in [5.74, 6) is -0.256. The molecule has 0 bridgehead atoms. The molecule has 0 fully saturated rings. The van der Waals surface area contributed by atoms with Gasteiger partial charge in [0.2, 0.25) is 5.88 Å². The number of alkyl halides is 3. The van der Waals surface area contributed by atoms with Gasteiger partial charge in [0.15, 0.2) is 11.9 Å². The van der Waals surface area contributed by atoms with Crippen LogP contribution in [0.1, 0.15) is 6.92 Å². The molecule has 1 aromatic rings. The van der Waals surface area contributed by atoms with Crippen LogP contribution in [-0.2, 0) is 0 Å². The summed E-state index contributed by atoms with van der Waals surface area (Å²) in [4.78, 5) is 3.56. The van der Waals surface area contributed by atoms with Gasteiger partial charge in [0.05, 0.1) is 5.69 Å². The molecule has 1 rings (SSSR count). The van der Waals surface area contributed by atoms with Crippen molar-refractivity contribution in [1.82, 2.24) is 4.98 Å². The molecule has 4 N–H and O–H groups in total. The van der Waals surface area contributed by atoms with Gasteiger partial charge in [0.25, 0.3) is 0 Å². The minimum atomic E-state index is -4.43. The summed E-state index contributed by atoms with van der Waals surface area (Å²) in [5, 5.41) is 0. The number of ether oxygens (including phenoxy) is 1. The second-order valence-electron chi connectivity index (χ2n) is 2.93. The van der Waals surface area contributed by atoms with Crippen LogP contribution in [0.4, 0.5) is 24.7 Å². The standard InChI is InChI=1S/C8H10F3N3O/c1-4(8(9,10)11)15-6-3-2-5(12)7(13)14-6/h2-4H,12H2,1H3,(H2,13,14). The number of nitrogen functional groups attached to an aromatic ring is 2. The Morgan fingerprint density at radius 2 is 1.93 bits per heavy atom. The number of anilines is 2. The number of pyridine rings is 1. The van der Waals surface area contributed by atoms with Crippen molar-refractivity contribution in [2.75, 3.05) is 11.5 Å². The van der Waals surface area contributed by atoms with Gasteiger partial charge in [-0.1, -0.05) is 0 Å². The fourth-order valence-electron chi connectivity index (χ4n) is 0.781. The van der Waals surface area contributed by atoms with E-state index in [4.69, 9.17) is 11.5 Å². The quantitative estimate of drug-likeness (QED) is 0.795. The smallest absolute Gasteiger partial charge is 0.425 e. The zero-order chi connectivity index (χ0) is 11.6. The third-order valence-corrected chi connectivity index (χ3v) is 1.69. The summed E-state index contributed by atoms with van der Waals surface area (Å²) in [7, 11) is 0. The van der Waals surface area contributed by atoms with Crippen LogP contribution in [0.15, 0.2) is 12.1 Å². The van der Waals surface area contributed by atoms with Crippen molar-refractivity contribution >= 4 is 11.5 Å². The SMILES string of the molecule is CC(Oc1ccc(N)c(N)n1)C(F)(F)F. The summed E-state index contributed by atoms with van der Waals surface area (Å²) in [6, 6.07) is 2.56. The lowest BCUT2D eigenvalue weighted by Gasteiger charge is -2.17. The van der Waals surface area contributed by atoms with E-state index in [0.717, 1.165) is 6.92 Å². The molecule has 0 spiro atoms. The monoisotopic (exact) mass is 221 g/mol. The van der Waals surface area contributed by atoms with E-state index in [9.17, 15) is 13.2 Å². The fraction of sp³-hybridized carbons (Fsp3) is 0.375. The number of rotatable bonds is 2. The summed E-state index contributed by atoms with van der Waals surface area (Å²) in [6.45, 7) is 0.883. The zero-order valence-electron chi connectivity index (χ0n) is 7.88. The van der Waals surface area contributed by atoms with Crippen LogP contribution in [-0.4, -0.2) is 17.3 Å². The van der Waals surface area contributed by atoms with Crippen LogP contribution in [0.2, 0.25) is 0 Å². The van der Waals surface area contributed by atoms with Gasteiger partial charge in [-0.25, -0.2) is 0 Å². The Hall–Kier alpha value is -1.66. The maximum atomic E-state index is 12.1. The zero-order valence-corrected chi connectivity index (χ0v) is 7.88. The highest BCUT2D eigenvalue weighted by Gasteiger charge is 2.38. The third kappa shape index (κ3) is 2.90. The number of aromatic nitrogens is 1. The van der Waals surface area contributed by atoms with Gasteiger partial charge < -0.3 is 16.2 Å². The summed E-state index contributed by atoms with van der Waals surface area (Å²) in [5.41, 5.74) is 10.8. The molecule has 15 heavy (non-hydrogen) atoms. The van der Waals surface area contributed by atoms with E-state index in [-0.39, 0.29) is 17.4 Å². The Kier molecular flexibility index (Phi) is 2.92. The Balaban J connectivity index is 2.78. The molecule has 1 unspecified atom stereocenters. The Bertz CT molecular complexity index is 353. The maximum Gasteiger partial charge on any atom is 0.425 e. The normalized spacial score (nSPS) is 13.6. The number of nitrogens with zero attached hydrogens (tertiary/aromatic N) is 1. The first-order valence-electron chi connectivity index (χ1n) is 4.06. The first-order valence-corrected chi connectivity index (χ1v) is 4.06. The molecule has 0 aliphatic heterocycles. The molecule has 0 amide bonds. The van der Waals surface area contributed by atoms with Crippen LogP contribution < -0.4 is 16.2 Å². The highest BCUT2D eigenvalue weighted by atomic mass is 19.4. The second-order valence-corrected chi connectivity index (χ2v) is 2.93. The molecule has 0 aliphatic rings. The Labute approximate surface area is 84.0 Å². The molecule has 0 saturated carbocycles. The molecular formula is C8H10F3N3O. The van der Waals surface area contributed by atoms with Gasteiger partial charge in [-0.2, -0.15) is 18.2 Å². The molecule has 0 radical (unpaired) electrons. The van der Waals surface area contributed by atoms with Crippen LogP contribution >= 0.6 is 0 Å². The van der Waals surface area contributed by atoms with E-state index in [1.165, 1.54) is 12.1 Å². The number of hydrogen-bond donors (Lipinski definition) is 2. The molecule has 84 valence electrons. The van der Waals surface area contributed by atoms with E-state index in [2.05, 4.69) is 9.72 Å². The van der Waals surface area contributed by atoms with Gasteiger partial charge >= 0.3 is 6.18 Å². The molecular weight excluding hydrogens is 211 g/mol. The number of halogens is 3. The first kappa shape index (κ1) is 11.4. The van der Waals surface area contributed by atoms with Crippen LogP contribution in [0.3, 0.4) is 0 Å². The average molecular weight is 221 g/mol. The molecule has 0 saturated heterocycles.